The number of amides is 1. The Kier molecular flexibility index (Phi) is 5.55. The molecule has 1 unspecified atom stereocenters. The van der Waals surface area contributed by atoms with Crippen molar-refractivity contribution in [2.24, 2.45) is 5.92 Å². The second-order valence-electron chi connectivity index (χ2n) is 6.11. The van der Waals surface area contributed by atoms with Gasteiger partial charge in [0.2, 0.25) is 5.91 Å². The van der Waals surface area contributed by atoms with Crippen molar-refractivity contribution in [3.05, 3.63) is 46.4 Å². The molecule has 1 saturated heterocycles. The fourth-order valence-corrected chi connectivity index (χ4v) is 2.91. The van der Waals surface area contributed by atoms with E-state index in [1.165, 1.54) is 0 Å². The average Bonchev–Trinajstić information content (AvgIpc) is 2.67. The van der Waals surface area contributed by atoms with Crippen molar-refractivity contribution in [2.75, 3.05) is 13.2 Å². The Labute approximate surface area is 145 Å². The van der Waals surface area contributed by atoms with Gasteiger partial charge in [0.25, 0.3) is 5.56 Å². The summed E-state index contributed by atoms with van der Waals surface area (Å²) in [6.45, 7) is 3.10. The number of ether oxygens (including phenoxy) is 1. The molecule has 0 saturated carbocycles. The highest BCUT2D eigenvalue weighted by Crippen LogP contribution is 2.18. The molecule has 1 amide bonds. The third kappa shape index (κ3) is 4.11. The Morgan fingerprint density at radius 1 is 1.28 bits per heavy atom. The summed E-state index contributed by atoms with van der Waals surface area (Å²) < 4.78 is 5.28. The third-order valence-electron chi connectivity index (χ3n) is 4.42. The molecule has 0 radical (unpaired) electrons. The molecule has 1 atom stereocenters. The molecule has 1 aliphatic heterocycles. The monoisotopic (exact) mass is 342 g/mol. The molecular weight excluding hydrogens is 320 g/mol. The lowest BCUT2D eigenvalue weighted by Gasteiger charge is -2.24. The molecule has 2 aromatic rings. The smallest absolute Gasteiger partial charge is 0.275 e. The van der Waals surface area contributed by atoms with Gasteiger partial charge < -0.3 is 15.0 Å². The number of aromatic amines is 1. The maximum absolute atomic E-state index is 12.4. The van der Waals surface area contributed by atoms with Crippen LogP contribution in [0.15, 0.2) is 35.1 Å². The molecule has 0 bridgehead atoms. The summed E-state index contributed by atoms with van der Waals surface area (Å²) in [5, 5.41) is 11.1. The maximum atomic E-state index is 12.4. The zero-order valence-corrected chi connectivity index (χ0v) is 14.2. The zero-order chi connectivity index (χ0) is 17.6. The molecule has 2 heterocycles. The van der Waals surface area contributed by atoms with Crippen LogP contribution in [-0.2, 0) is 9.53 Å². The lowest BCUT2D eigenvalue weighted by molar-refractivity contribution is -0.128. The second-order valence-corrected chi connectivity index (χ2v) is 6.11. The lowest BCUT2D eigenvalue weighted by Crippen LogP contribution is -2.39. The van der Waals surface area contributed by atoms with Gasteiger partial charge >= 0.3 is 0 Å². The van der Waals surface area contributed by atoms with Crippen LogP contribution in [0.25, 0.3) is 11.4 Å². The van der Waals surface area contributed by atoms with Crippen molar-refractivity contribution in [3.63, 3.8) is 0 Å². The van der Waals surface area contributed by atoms with E-state index in [1.807, 2.05) is 37.3 Å². The van der Waals surface area contributed by atoms with Gasteiger partial charge in [-0.1, -0.05) is 37.3 Å². The van der Waals surface area contributed by atoms with E-state index < -0.39 is 6.04 Å². The van der Waals surface area contributed by atoms with Crippen molar-refractivity contribution in [1.82, 2.24) is 20.5 Å². The SMILES string of the molecule is CCC(NC(=O)C1CCOCC1)c1nnc(-c2ccccc2)[nH]c1=O. The van der Waals surface area contributed by atoms with Crippen LogP contribution < -0.4 is 10.9 Å². The molecule has 132 valence electrons. The van der Waals surface area contributed by atoms with E-state index in [1.54, 1.807) is 0 Å². The summed E-state index contributed by atoms with van der Waals surface area (Å²) in [6, 6.07) is 8.88. The van der Waals surface area contributed by atoms with Crippen LogP contribution in [-0.4, -0.2) is 34.3 Å². The van der Waals surface area contributed by atoms with Crippen LogP contribution in [0.4, 0.5) is 0 Å². The molecule has 2 N–H and O–H groups in total. The van der Waals surface area contributed by atoms with E-state index >= 15 is 0 Å². The van der Waals surface area contributed by atoms with Gasteiger partial charge in [0, 0.05) is 24.7 Å². The summed E-state index contributed by atoms with van der Waals surface area (Å²) in [5.74, 6) is 0.293. The largest absolute Gasteiger partial charge is 0.381 e. The fraction of sp³-hybridized carbons (Fsp3) is 0.444. The van der Waals surface area contributed by atoms with E-state index in [0.717, 1.165) is 5.56 Å². The van der Waals surface area contributed by atoms with Gasteiger partial charge in [-0.25, -0.2) is 0 Å². The van der Waals surface area contributed by atoms with Crippen molar-refractivity contribution in [2.45, 2.75) is 32.2 Å². The minimum atomic E-state index is -0.448. The Bertz CT molecular complexity index is 769. The molecule has 0 spiro atoms. The predicted octanol–water partition coefficient (Wildman–Crippen LogP) is 1.83. The topological polar surface area (TPSA) is 97.0 Å². The highest BCUT2D eigenvalue weighted by Gasteiger charge is 2.25. The highest BCUT2D eigenvalue weighted by atomic mass is 16.5. The molecule has 0 aliphatic carbocycles. The first-order valence-corrected chi connectivity index (χ1v) is 8.59. The third-order valence-corrected chi connectivity index (χ3v) is 4.42. The number of hydrogen-bond acceptors (Lipinski definition) is 5. The number of H-pyrrole nitrogens is 1. The summed E-state index contributed by atoms with van der Waals surface area (Å²) in [5.41, 5.74) is 0.702. The number of hydrogen-bond donors (Lipinski definition) is 2. The Hall–Kier alpha value is -2.54. The van der Waals surface area contributed by atoms with E-state index in [4.69, 9.17) is 4.74 Å². The molecule has 1 aromatic carbocycles. The van der Waals surface area contributed by atoms with Gasteiger partial charge in [0.05, 0.1) is 6.04 Å². The molecule has 1 fully saturated rings. The lowest BCUT2D eigenvalue weighted by atomic mass is 9.98. The zero-order valence-electron chi connectivity index (χ0n) is 14.2. The van der Waals surface area contributed by atoms with Crippen LogP contribution >= 0.6 is 0 Å². The van der Waals surface area contributed by atoms with Crippen LogP contribution in [0.5, 0.6) is 0 Å². The average molecular weight is 342 g/mol. The van der Waals surface area contributed by atoms with Crippen LogP contribution in [0, 0.1) is 5.92 Å². The second kappa shape index (κ2) is 8.02. The standard InChI is InChI=1S/C18H22N4O3/c1-2-14(19-17(23)13-8-10-25-11-9-13)15-18(24)20-16(22-21-15)12-6-4-3-5-7-12/h3-7,13-14H,2,8-11H2,1H3,(H,19,23)(H,20,22,24). The molecule has 7 nitrogen and oxygen atoms in total. The van der Waals surface area contributed by atoms with Gasteiger partial charge in [-0.15, -0.1) is 10.2 Å². The van der Waals surface area contributed by atoms with E-state index in [2.05, 4.69) is 20.5 Å². The quantitative estimate of drug-likeness (QED) is 0.864. The Morgan fingerprint density at radius 2 is 2.00 bits per heavy atom. The van der Waals surface area contributed by atoms with E-state index in [0.29, 0.717) is 38.3 Å². The van der Waals surface area contributed by atoms with Crippen molar-refractivity contribution in [3.8, 4) is 11.4 Å². The minimum Gasteiger partial charge on any atom is -0.381 e. The number of carbonyl (C=O) groups is 1. The first-order valence-electron chi connectivity index (χ1n) is 8.59. The summed E-state index contributed by atoms with van der Waals surface area (Å²) in [6.07, 6.45) is 1.98. The van der Waals surface area contributed by atoms with Gasteiger partial charge in [-0.05, 0) is 19.3 Å². The minimum absolute atomic E-state index is 0.0523. The molecule has 7 heteroatoms. The molecular formula is C18H22N4O3. The van der Waals surface area contributed by atoms with Crippen molar-refractivity contribution in [1.29, 1.82) is 0 Å². The van der Waals surface area contributed by atoms with Gasteiger partial charge in [0.15, 0.2) is 11.5 Å². The van der Waals surface area contributed by atoms with Crippen LogP contribution in [0.1, 0.15) is 37.9 Å². The number of nitrogens with zero attached hydrogens (tertiary/aromatic N) is 2. The summed E-state index contributed by atoms with van der Waals surface area (Å²) >= 11 is 0. The van der Waals surface area contributed by atoms with E-state index in [9.17, 15) is 9.59 Å². The Morgan fingerprint density at radius 3 is 2.64 bits per heavy atom. The van der Waals surface area contributed by atoms with Gasteiger partial charge in [0.1, 0.15) is 0 Å². The van der Waals surface area contributed by atoms with Crippen molar-refractivity contribution < 1.29 is 9.53 Å². The maximum Gasteiger partial charge on any atom is 0.275 e. The molecule has 3 rings (SSSR count). The Balaban J connectivity index is 1.76. The van der Waals surface area contributed by atoms with Gasteiger partial charge in [-0.3, -0.25) is 9.59 Å². The van der Waals surface area contributed by atoms with Gasteiger partial charge in [-0.2, -0.15) is 0 Å². The van der Waals surface area contributed by atoms with Crippen LogP contribution in [0.2, 0.25) is 0 Å². The normalized spacial score (nSPS) is 16.4. The number of nitrogens with one attached hydrogen (secondary N) is 2. The van der Waals surface area contributed by atoms with Crippen molar-refractivity contribution >= 4 is 5.91 Å². The highest BCUT2D eigenvalue weighted by molar-refractivity contribution is 5.79. The molecule has 1 aliphatic rings. The number of aromatic nitrogens is 3. The first-order chi connectivity index (χ1) is 12.2. The number of rotatable bonds is 5. The molecule has 25 heavy (non-hydrogen) atoms. The number of benzene rings is 1. The summed E-state index contributed by atoms with van der Waals surface area (Å²) in [4.78, 5) is 27.6. The summed E-state index contributed by atoms with van der Waals surface area (Å²) in [7, 11) is 0. The predicted molar refractivity (Wildman–Crippen MR) is 92.8 cm³/mol. The molecule has 1 aromatic heterocycles. The van der Waals surface area contributed by atoms with Crippen LogP contribution in [0.3, 0.4) is 0 Å². The first kappa shape index (κ1) is 17.3. The fourth-order valence-electron chi connectivity index (χ4n) is 2.91. The van der Waals surface area contributed by atoms with E-state index in [-0.39, 0.29) is 23.1 Å². The number of carbonyl (C=O) groups excluding carboxylic acids is 1.